The second-order valence-electron chi connectivity index (χ2n) is 11.0. The Morgan fingerprint density at radius 1 is 0.839 bits per heavy atom. The highest BCUT2D eigenvalue weighted by molar-refractivity contribution is 5.74. The Bertz CT molecular complexity index is 748. The summed E-state index contributed by atoms with van der Waals surface area (Å²) in [4.78, 5) is 36.2. The normalized spacial score (nSPS) is 46.2. The van der Waals surface area contributed by atoms with Crippen LogP contribution in [0.2, 0.25) is 0 Å². The van der Waals surface area contributed by atoms with Crippen LogP contribution in [0.1, 0.15) is 79.1 Å². The topological polar surface area (TPSA) is 78.9 Å². The van der Waals surface area contributed by atoms with Crippen LogP contribution in [-0.2, 0) is 28.6 Å². The third kappa shape index (κ3) is 3.58. The van der Waals surface area contributed by atoms with E-state index in [4.69, 9.17) is 14.2 Å². The lowest BCUT2D eigenvalue weighted by atomic mass is 9.44. The average molecular weight is 435 g/mol. The van der Waals surface area contributed by atoms with Crippen LogP contribution in [0, 0.1) is 40.4 Å². The van der Waals surface area contributed by atoms with Gasteiger partial charge in [-0.3, -0.25) is 14.4 Å². The first-order chi connectivity index (χ1) is 14.6. The van der Waals surface area contributed by atoms with Crippen LogP contribution >= 0.6 is 0 Å². The van der Waals surface area contributed by atoms with Crippen molar-refractivity contribution in [2.45, 2.75) is 91.3 Å². The minimum Gasteiger partial charge on any atom is -0.469 e. The van der Waals surface area contributed by atoms with Crippen molar-refractivity contribution in [3.63, 3.8) is 0 Å². The van der Waals surface area contributed by atoms with E-state index in [0.717, 1.165) is 51.4 Å². The first-order valence-corrected chi connectivity index (χ1v) is 12.0. The molecule has 4 saturated carbocycles. The van der Waals surface area contributed by atoms with Crippen molar-refractivity contribution < 1.29 is 28.6 Å². The number of methoxy groups -OCH3 is 1. The Morgan fingerprint density at radius 2 is 1.55 bits per heavy atom. The lowest BCUT2D eigenvalue weighted by Crippen LogP contribution is -2.60. The molecule has 6 nitrogen and oxygen atoms in total. The lowest BCUT2D eigenvalue weighted by molar-refractivity contribution is -0.199. The number of esters is 3. The van der Waals surface area contributed by atoms with Crippen LogP contribution in [0.4, 0.5) is 0 Å². The van der Waals surface area contributed by atoms with Gasteiger partial charge in [-0.15, -0.1) is 0 Å². The molecule has 0 aromatic carbocycles. The van der Waals surface area contributed by atoms with Crippen LogP contribution in [0.25, 0.3) is 0 Å². The Balaban J connectivity index is 1.64. The van der Waals surface area contributed by atoms with Gasteiger partial charge in [0.25, 0.3) is 0 Å². The highest BCUT2D eigenvalue weighted by atomic mass is 16.5. The zero-order valence-corrected chi connectivity index (χ0v) is 19.6. The Hall–Kier alpha value is -1.59. The number of ether oxygens (including phenoxy) is 3. The van der Waals surface area contributed by atoms with Crippen LogP contribution in [0.15, 0.2) is 0 Å². The van der Waals surface area contributed by atoms with Crippen molar-refractivity contribution in [3.05, 3.63) is 0 Å². The number of fused-ring (bicyclic) bond motifs is 5. The van der Waals surface area contributed by atoms with E-state index in [1.165, 1.54) is 21.0 Å². The maximum Gasteiger partial charge on any atom is 0.309 e. The van der Waals surface area contributed by atoms with Gasteiger partial charge >= 0.3 is 17.9 Å². The highest BCUT2D eigenvalue weighted by Crippen LogP contribution is 2.68. The largest absolute Gasteiger partial charge is 0.469 e. The molecule has 4 fully saturated rings. The second-order valence-corrected chi connectivity index (χ2v) is 11.0. The molecule has 0 radical (unpaired) electrons. The third-order valence-corrected chi connectivity index (χ3v) is 9.82. The van der Waals surface area contributed by atoms with E-state index in [-0.39, 0.29) is 46.9 Å². The van der Waals surface area contributed by atoms with Gasteiger partial charge in [0.1, 0.15) is 12.2 Å². The molecule has 6 heteroatoms. The molecule has 0 aromatic rings. The number of hydrogen-bond donors (Lipinski definition) is 0. The van der Waals surface area contributed by atoms with Crippen molar-refractivity contribution in [2.24, 2.45) is 40.4 Å². The van der Waals surface area contributed by atoms with Gasteiger partial charge in [-0.05, 0) is 80.5 Å². The van der Waals surface area contributed by atoms with E-state index in [1.807, 2.05) is 0 Å². The molecular formula is C25H38O6. The first kappa shape index (κ1) is 22.6. The van der Waals surface area contributed by atoms with Crippen molar-refractivity contribution in [1.82, 2.24) is 0 Å². The molecule has 4 rings (SSSR count). The summed E-state index contributed by atoms with van der Waals surface area (Å²) in [6, 6.07) is 0. The van der Waals surface area contributed by atoms with E-state index in [9.17, 15) is 14.4 Å². The fourth-order valence-corrected chi connectivity index (χ4v) is 8.41. The van der Waals surface area contributed by atoms with Gasteiger partial charge in [0.15, 0.2) is 0 Å². The van der Waals surface area contributed by atoms with Gasteiger partial charge in [-0.1, -0.05) is 13.8 Å². The van der Waals surface area contributed by atoms with Crippen molar-refractivity contribution >= 4 is 17.9 Å². The molecule has 0 heterocycles. The molecule has 0 unspecified atom stereocenters. The monoisotopic (exact) mass is 434 g/mol. The highest BCUT2D eigenvalue weighted by Gasteiger charge is 2.66. The van der Waals surface area contributed by atoms with Gasteiger partial charge in [-0.25, -0.2) is 0 Å². The molecular weight excluding hydrogens is 396 g/mol. The number of rotatable bonds is 3. The molecule has 174 valence electrons. The predicted molar refractivity (Wildman–Crippen MR) is 114 cm³/mol. The molecule has 0 N–H and O–H groups in total. The molecule has 0 amide bonds. The molecule has 0 bridgehead atoms. The van der Waals surface area contributed by atoms with E-state index in [1.54, 1.807) is 0 Å². The van der Waals surface area contributed by atoms with Crippen LogP contribution in [0.3, 0.4) is 0 Å². The van der Waals surface area contributed by atoms with Gasteiger partial charge < -0.3 is 14.2 Å². The third-order valence-electron chi connectivity index (χ3n) is 9.82. The van der Waals surface area contributed by atoms with E-state index >= 15 is 0 Å². The summed E-state index contributed by atoms with van der Waals surface area (Å²) in [5.74, 6) is 1.05. The quantitative estimate of drug-likeness (QED) is 0.487. The van der Waals surface area contributed by atoms with E-state index in [2.05, 4.69) is 13.8 Å². The number of hydrogen-bond acceptors (Lipinski definition) is 6. The summed E-state index contributed by atoms with van der Waals surface area (Å²) in [6.45, 7) is 7.55. The minimum absolute atomic E-state index is 0.0282. The standard InChI is InChI=1S/C25H38O6/c1-14(26)30-17-10-11-24(3)16(12-17)6-7-18-19-8-9-20(23(28)29-5)25(19,4)22(13-21(18)24)31-15(2)27/h16-22H,6-13H2,1-5H3/t16-,17-,18+,19-,20+,21+,22+,24+,25+/m1/s1. The number of carbonyl (C=O) groups excluding carboxylic acids is 3. The van der Waals surface area contributed by atoms with Gasteiger partial charge in [0.2, 0.25) is 0 Å². The van der Waals surface area contributed by atoms with Crippen LogP contribution in [-0.4, -0.2) is 37.2 Å². The molecule has 0 saturated heterocycles. The van der Waals surface area contributed by atoms with Crippen molar-refractivity contribution in [1.29, 1.82) is 0 Å². The summed E-state index contributed by atoms with van der Waals surface area (Å²) in [5, 5.41) is 0. The van der Waals surface area contributed by atoms with Gasteiger partial charge in [0.05, 0.1) is 13.0 Å². The lowest BCUT2D eigenvalue weighted by Gasteiger charge is -2.62. The Morgan fingerprint density at radius 3 is 2.19 bits per heavy atom. The Labute approximate surface area is 185 Å². The predicted octanol–water partition coefficient (Wildman–Crippen LogP) is 4.29. The molecule has 0 aromatic heterocycles. The summed E-state index contributed by atoms with van der Waals surface area (Å²) >= 11 is 0. The maximum atomic E-state index is 12.7. The fraction of sp³-hybridized carbons (Fsp3) is 0.880. The summed E-state index contributed by atoms with van der Waals surface area (Å²) in [7, 11) is 1.46. The van der Waals surface area contributed by atoms with Crippen LogP contribution in [0.5, 0.6) is 0 Å². The summed E-state index contributed by atoms with van der Waals surface area (Å²) < 4.78 is 16.7. The fourth-order valence-electron chi connectivity index (χ4n) is 8.41. The summed E-state index contributed by atoms with van der Waals surface area (Å²) in [6.07, 6.45) is 7.54. The SMILES string of the molecule is COC(=O)[C@@H]1CC[C@@H]2[C@@H]3CC[C@@H]4C[C@H](OC(C)=O)CC[C@]4(C)[C@H]3C[C@H](OC(C)=O)[C@@]21C. The molecule has 0 spiro atoms. The minimum atomic E-state index is -0.363. The molecule has 0 aliphatic heterocycles. The first-order valence-electron chi connectivity index (χ1n) is 12.0. The molecule has 4 aliphatic rings. The number of carbonyl (C=O) groups is 3. The van der Waals surface area contributed by atoms with E-state index in [0.29, 0.717) is 23.7 Å². The molecule has 9 atom stereocenters. The average Bonchev–Trinajstić information content (AvgIpc) is 3.06. The zero-order chi connectivity index (χ0) is 22.6. The smallest absolute Gasteiger partial charge is 0.309 e. The van der Waals surface area contributed by atoms with Gasteiger partial charge in [0, 0.05) is 19.3 Å². The second kappa shape index (κ2) is 8.08. The molecule has 4 aliphatic carbocycles. The Kier molecular flexibility index (Phi) is 5.89. The van der Waals surface area contributed by atoms with Crippen LogP contribution < -0.4 is 0 Å². The van der Waals surface area contributed by atoms with Gasteiger partial charge in [-0.2, -0.15) is 0 Å². The molecule has 31 heavy (non-hydrogen) atoms. The maximum absolute atomic E-state index is 12.7. The van der Waals surface area contributed by atoms with E-state index < -0.39 is 0 Å². The van der Waals surface area contributed by atoms with Crippen molar-refractivity contribution in [2.75, 3.05) is 7.11 Å². The zero-order valence-electron chi connectivity index (χ0n) is 19.6. The summed E-state index contributed by atoms with van der Waals surface area (Å²) in [5.41, 5.74) is -0.208. The van der Waals surface area contributed by atoms with Crippen molar-refractivity contribution in [3.8, 4) is 0 Å².